The summed E-state index contributed by atoms with van der Waals surface area (Å²) in [6.45, 7) is 0. The summed E-state index contributed by atoms with van der Waals surface area (Å²) in [5.41, 5.74) is 2.82. The lowest BCUT2D eigenvalue weighted by atomic mass is 9.92. The van der Waals surface area contributed by atoms with Crippen LogP contribution in [0, 0.1) is 0 Å². The summed E-state index contributed by atoms with van der Waals surface area (Å²) in [5, 5.41) is 13.4. The average molecular weight is 249 g/mol. The first kappa shape index (κ1) is 10.9. The van der Waals surface area contributed by atoms with Crippen molar-refractivity contribution in [1.29, 1.82) is 0 Å². The van der Waals surface area contributed by atoms with Crippen LogP contribution in [-0.2, 0) is 0 Å². The van der Waals surface area contributed by atoms with Crippen molar-refractivity contribution in [3.63, 3.8) is 0 Å². The first-order valence-corrected chi connectivity index (χ1v) is 6.73. The van der Waals surface area contributed by atoms with Crippen LogP contribution in [0.15, 0.2) is 18.2 Å². The third-order valence-corrected chi connectivity index (χ3v) is 3.90. The SMILES string of the molecule is O[C@H]1CCCC[C@@H]1Nc1cccc2nsnc12. The van der Waals surface area contributed by atoms with Gasteiger partial charge in [0.05, 0.1) is 29.6 Å². The zero-order chi connectivity index (χ0) is 11.7. The number of hydrogen-bond acceptors (Lipinski definition) is 5. The van der Waals surface area contributed by atoms with Crippen LogP contribution in [-0.4, -0.2) is 26.0 Å². The summed E-state index contributed by atoms with van der Waals surface area (Å²) in [5.74, 6) is 0. The maximum atomic E-state index is 9.96. The number of fused-ring (bicyclic) bond motifs is 1. The molecule has 4 nitrogen and oxygen atoms in total. The van der Waals surface area contributed by atoms with E-state index >= 15 is 0 Å². The summed E-state index contributed by atoms with van der Waals surface area (Å²) in [6, 6.07) is 6.09. The van der Waals surface area contributed by atoms with E-state index in [1.807, 2.05) is 18.2 Å². The van der Waals surface area contributed by atoms with Gasteiger partial charge < -0.3 is 10.4 Å². The van der Waals surface area contributed by atoms with Crippen LogP contribution in [0.1, 0.15) is 25.7 Å². The Labute approximate surface area is 104 Å². The molecule has 1 heterocycles. The number of rotatable bonds is 2. The monoisotopic (exact) mass is 249 g/mol. The summed E-state index contributed by atoms with van der Waals surface area (Å²) >= 11 is 1.23. The van der Waals surface area contributed by atoms with Crippen molar-refractivity contribution >= 4 is 28.4 Å². The molecule has 0 amide bonds. The van der Waals surface area contributed by atoms with Gasteiger partial charge in [0.1, 0.15) is 11.0 Å². The first-order chi connectivity index (χ1) is 8.34. The first-order valence-electron chi connectivity index (χ1n) is 6.00. The molecule has 5 heteroatoms. The number of aliphatic hydroxyl groups is 1. The fraction of sp³-hybridized carbons (Fsp3) is 0.500. The highest BCUT2D eigenvalue weighted by Gasteiger charge is 2.23. The maximum absolute atomic E-state index is 9.96. The highest BCUT2D eigenvalue weighted by Crippen LogP contribution is 2.26. The molecular weight excluding hydrogens is 234 g/mol. The average Bonchev–Trinajstić information content (AvgIpc) is 2.81. The van der Waals surface area contributed by atoms with Gasteiger partial charge in [-0.1, -0.05) is 18.9 Å². The minimum absolute atomic E-state index is 0.149. The van der Waals surface area contributed by atoms with Gasteiger partial charge in [0.25, 0.3) is 0 Å². The van der Waals surface area contributed by atoms with Crippen LogP contribution in [0.4, 0.5) is 5.69 Å². The fourth-order valence-corrected chi connectivity index (χ4v) is 2.95. The molecule has 0 spiro atoms. The molecule has 1 aromatic carbocycles. The lowest BCUT2D eigenvalue weighted by Gasteiger charge is -2.29. The molecule has 0 unspecified atom stereocenters. The van der Waals surface area contributed by atoms with Crippen molar-refractivity contribution in [3.8, 4) is 0 Å². The minimum Gasteiger partial charge on any atom is -0.391 e. The van der Waals surface area contributed by atoms with Crippen molar-refractivity contribution in [2.75, 3.05) is 5.32 Å². The molecule has 0 aliphatic heterocycles. The Morgan fingerprint density at radius 2 is 2.12 bits per heavy atom. The normalized spacial score (nSPS) is 25.0. The van der Waals surface area contributed by atoms with Gasteiger partial charge in [-0.25, -0.2) is 0 Å². The smallest absolute Gasteiger partial charge is 0.127 e. The van der Waals surface area contributed by atoms with Crippen molar-refractivity contribution in [1.82, 2.24) is 8.75 Å². The number of nitrogens with one attached hydrogen (secondary N) is 1. The van der Waals surface area contributed by atoms with Gasteiger partial charge >= 0.3 is 0 Å². The highest BCUT2D eigenvalue weighted by atomic mass is 32.1. The zero-order valence-electron chi connectivity index (χ0n) is 9.47. The van der Waals surface area contributed by atoms with E-state index in [9.17, 15) is 5.11 Å². The number of nitrogens with zero attached hydrogens (tertiary/aromatic N) is 2. The molecule has 0 saturated heterocycles. The van der Waals surface area contributed by atoms with E-state index in [4.69, 9.17) is 0 Å². The highest BCUT2D eigenvalue weighted by molar-refractivity contribution is 7.00. The Kier molecular flexibility index (Phi) is 2.94. The van der Waals surface area contributed by atoms with Gasteiger partial charge in [-0.3, -0.25) is 0 Å². The molecule has 1 aliphatic carbocycles. The van der Waals surface area contributed by atoms with Crippen molar-refractivity contribution < 1.29 is 5.11 Å². The molecule has 1 saturated carbocycles. The molecule has 1 aromatic heterocycles. The lowest BCUT2D eigenvalue weighted by molar-refractivity contribution is 0.116. The minimum atomic E-state index is -0.245. The van der Waals surface area contributed by atoms with Crippen molar-refractivity contribution in [3.05, 3.63) is 18.2 Å². The third kappa shape index (κ3) is 2.12. The second kappa shape index (κ2) is 4.58. The second-order valence-electron chi connectivity index (χ2n) is 4.54. The topological polar surface area (TPSA) is 58.0 Å². The number of aromatic nitrogens is 2. The molecular formula is C12H15N3OS. The maximum Gasteiger partial charge on any atom is 0.127 e. The fourth-order valence-electron chi connectivity index (χ4n) is 2.40. The van der Waals surface area contributed by atoms with Gasteiger partial charge in [0.15, 0.2) is 0 Å². The number of anilines is 1. The van der Waals surface area contributed by atoms with E-state index in [-0.39, 0.29) is 12.1 Å². The van der Waals surface area contributed by atoms with E-state index in [0.717, 1.165) is 36.0 Å². The number of benzene rings is 1. The molecule has 3 rings (SSSR count). The Morgan fingerprint density at radius 1 is 1.24 bits per heavy atom. The summed E-state index contributed by atoms with van der Waals surface area (Å²) in [7, 11) is 0. The zero-order valence-corrected chi connectivity index (χ0v) is 10.3. The second-order valence-corrected chi connectivity index (χ2v) is 5.07. The number of aliphatic hydroxyl groups excluding tert-OH is 1. The summed E-state index contributed by atoms with van der Waals surface area (Å²) in [4.78, 5) is 0. The lowest BCUT2D eigenvalue weighted by Crippen LogP contribution is -2.36. The van der Waals surface area contributed by atoms with Crippen molar-refractivity contribution in [2.24, 2.45) is 0 Å². The molecule has 2 N–H and O–H groups in total. The predicted octanol–water partition coefficient (Wildman–Crippen LogP) is 2.41. The molecule has 1 aliphatic rings. The van der Waals surface area contributed by atoms with Crippen molar-refractivity contribution in [2.45, 2.75) is 37.8 Å². The van der Waals surface area contributed by atoms with E-state index in [1.165, 1.54) is 18.1 Å². The van der Waals surface area contributed by atoms with Gasteiger partial charge in [0.2, 0.25) is 0 Å². The van der Waals surface area contributed by atoms with Crippen LogP contribution in [0.5, 0.6) is 0 Å². The molecule has 2 aromatic rings. The quantitative estimate of drug-likeness (QED) is 0.858. The van der Waals surface area contributed by atoms with Gasteiger partial charge in [-0.05, 0) is 25.0 Å². The molecule has 17 heavy (non-hydrogen) atoms. The van der Waals surface area contributed by atoms with Gasteiger partial charge in [-0.2, -0.15) is 8.75 Å². The largest absolute Gasteiger partial charge is 0.391 e. The van der Waals surface area contributed by atoms with E-state index in [1.54, 1.807) is 0 Å². The van der Waals surface area contributed by atoms with E-state index in [0.29, 0.717) is 0 Å². The van der Waals surface area contributed by atoms with Crippen LogP contribution >= 0.6 is 11.7 Å². The van der Waals surface area contributed by atoms with Crippen LogP contribution in [0.25, 0.3) is 11.0 Å². The Hall–Kier alpha value is -1.20. The summed E-state index contributed by atoms with van der Waals surface area (Å²) < 4.78 is 8.52. The molecule has 0 bridgehead atoms. The molecule has 0 radical (unpaired) electrons. The standard InChI is InChI=1S/C12H15N3OS/c16-11-7-2-1-4-8(11)13-9-5-3-6-10-12(9)15-17-14-10/h3,5-6,8,11,13,16H,1-2,4,7H2/t8-,11-/m0/s1. The van der Waals surface area contributed by atoms with E-state index < -0.39 is 0 Å². The Morgan fingerprint density at radius 3 is 3.00 bits per heavy atom. The predicted molar refractivity (Wildman–Crippen MR) is 69.3 cm³/mol. The van der Waals surface area contributed by atoms with Gasteiger partial charge in [-0.15, -0.1) is 0 Å². The number of hydrogen-bond donors (Lipinski definition) is 2. The third-order valence-electron chi connectivity index (χ3n) is 3.36. The Bertz CT molecular complexity index is 513. The van der Waals surface area contributed by atoms with Crippen LogP contribution in [0.2, 0.25) is 0 Å². The Balaban J connectivity index is 1.86. The summed E-state index contributed by atoms with van der Waals surface area (Å²) in [6.07, 6.45) is 3.98. The van der Waals surface area contributed by atoms with Crippen LogP contribution < -0.4 is 5.32 Å². The van der Waals surface area contributed by atoms with E-state index in [2.05, 4.69) is 14.1 Å². The van der Waals surface area contributed by atoms with Gasteiger partial charge in [0, 0.05) is 0 Å². The molecule has 90 valence electrons. The molecule has 1 fully saturated rings. The van der Waals surface area contributed by atoms with Crippen LogP contribution in [0.3, 0.4) is 0 Å². The molecule has 2 atom stereocenters.